The number of rotatable bonds is 5. The highest BCUT2D eigenvalue weighted by Crippen LogP contribution is 2.13. The molecule has 0 saturated carbocycles. The van der Waals surface area contributed by atoms with E-state index < -0.39 is 0 Å². The second-order valence-corrected chi connectivity index (χ2v) is 5.00. The summed E-state index contributed by atoms with van der Waals surface area (Å²) in [6.45, 7) is 2.20. The molecular weight excluding hydrogens is 272 g/mol. The van der Waals surface area contributed by atoms with Crippen molar-refractivity contribution in [3.63, 3.8) is 0 Å². The maximum atomic E-state index is 11.9. The maximum absolute atomic E-state index is 11.9. The Morgan fingerprint density at radius 1 is 1.10 bits per heavy atom. The van der Waals surface area contributed by atoms with Crippen LogP contribution >= 0.6 is 11.6 Å². The number of benzene rings is 2. The fourth-order valence-electron chi connectivity index (χ4n) is 1.87. The van der Waals surface area contributed by atoms with Crippen LogP contribution in [0.3, 0.4) is 0 Å². The van der Waals surface area contributed by atoms with E-state index in [0.29, 0.717) is 5.02 Å². The summed E-state index contributed by atoms with van der Waals surface area (Å²) < 4.78 is 0. The van der Waals surface area contributed by atoms with Gasteiger partial charge in [-0.1, -0.05) is 41.9 Å². The number of hydrogen-bond acceptors (Lipinski definition) is 2. The molecule has 2 rings (SSSR count). The lowest BCUT2D eigenvalue weighted by Crippen LogP contribution is -2.32. The molecule has 3 nitrogen and oxygen atoms in total. The van der Waals surface area contributed by atoms with E-state index in [1.165, 1.54) is 0 Å². The number of hydrogen-bond donors (Lipinski definition) is 2. The van der Waals surface area contributed by atoms with E-state index >= 15 is 0 Å². The highest BCUT2D eigenvalue weighted by molar-refractivity contribution is 6.30. The number of amides is 1. The summed E-state index contributed by atoms with van der Waals surface area (Å²) >= 11 is 5.80. The topological polar surface area (TPSA) is 41.1 Å². The third kappa shape index (κ3) is 4.28. The Bertz CT molecular complexity index is 554. The Kier molecular flexibility index (Phi) is 5.02. The lowest BCUT2D eigenvalue weighted by atomic mass is 10.1. The van der Waals surface area contributed by atoms with Gasteiger partial charge in [-0.25, -0.2) is 0 Å². The van der Waals surface area contributed by atoms with Crippen LogP contribution in [0.1, 0.15) is 18.5 Å². The molecule has 0 aliphatic heterocycles. The lowest BCUT2D eigenvalue weighted by Gasteiger charge is -2.15. The van der Waals surface area contributed by atoms with Crippen molar-refractivity contribution in [1.29, 1.82) is 0 Å². The number of nitrogens with one attached hydrogen (secondary N) is 2. The molecule has 0 aliphatic carbocycles. The lowest BCUT2D eigenvalue weighted by molar-refractivity contribution is -0.120. The quantitative estimate of drug-likeness (QED) is 0.882. The second kappa shape index (κ2) is 6.96. The SMILES string of the molecule is C[C@H](NC(=O)CNc1ccc(Cl)cc1)c1ccccc1. The summed E-state index contributed by atoms with van der Waals surface area (Å²) in [6, 6.07) is 17.1. The van der Waals surface area contributed by atoms with Crippen molar-refractivity contribution in [3.8, 4) is 0 Å². The molecule has 0 radical (unpaired) electrons. The van der Waals surface area contributed by atoms with E-state index in [-0.39, 0.29) is 18.5 Å². The Labute approximate surface area is 124 Å². The van der Waals surface area contributed by atoms with Gasteiger partial charge in [0.15, 0.2) is 0 Å². The van der Waals surface area contributed by atoms with Crippen molar-refractivity contribution in [3.05, 3.63) is 65.2 Å². The van der Waals surface area contributed by atoms with E-state index in [0.717, 1.165) is 11.3 Å². The summed E-state index contributed by atoms with van der Waals surface area (Å²) in [4.78, 5) is 11.9. The van der Waals surface area contributed by atoms with Crippen LogP contribution in [0.5, 0.6) is 0 Å². The summed E-state index contributed by atoms with van der Waals surface area (Å²) in [6.07, 6.45) is 0. The minimum Gasteiger partial charge on any atom is -0.376 e. The van der Waals surface area contributed by atoms with Crippen molar-refractivity contribution < 1.29 is 4.79 Å². The molecule has 0 fully saturated rings. The third-order valence-electron chi connectivity index (χ3n) is 2.97. The van der Waals surface area contributed by atoms with Gasteiger partial charge in [0, 0.05) is 10.7 Å². The van der Waals surface area contributed by atoms with Crippen molar-refractivity contribution in [2.45, 2.75) is 13.0 Å². The number of carbonyl (C=O) groups is 1. The first-order chi connectivity index (χ1) is 9.65. The van der Waals surface area contributed by atoms with Crippen LogP contribution in [0.25, 0.3) is 0 Å². The average molecular weight is 289 g/mol. The van der Waals surface area contributed by atoms with Crippen LogP contribution in [0.2, 0.25) is 5.02 Å². The van der Waals surface area contributed by atoms with Gasteiger partial charge in [0.1, 0.15) is 0 Å². The minimum atomic E-state index is -0.0451. The molecule has 2 aromatic carbocycles. The molecular formula is C16H17ClN2O. The van der Waals surface area contributed by atoms with Crippen LogP contribution in [0, 0.1) is 0 Å². The molecule has 0 aliphatic rings. The Hall–Kier alpha value is -2.00. The maximum Gasteiger partial charge on any atom is 0.239 e. The van der Waals surface area contributed by atoms with E-state index in [9.17, 15) is 4.79 Å². The largest absolute Gasteiger partial charge is 0.376 e. The molecule has 0 saturated heterocycles. The monoisotopic (exact) mass is 288 g/mol. The first kappa shape index (κ1) is 14.4. The predicted octanol–water partition coefficient (Wildman–Crippen LogP) is 3.63. The van der Waals surface area contributed by atoms with Crippen LogP contribution in [0.15, 0.2) is 54.6 Å². The van der Waals surface area contributed by atoms with Crippen LogP contribution in [-0.4, -0.2) is 12.5 Å². The van der Waals surface area contributed by atoms with E-state index in [1.807, 2.05) is 49.4 Å². The minimum absolute atomic E-state index is 0.00396. The zero-order valence-corrected chi connectivity index (χ0v) is 12.0. The Morgan fingerprint density at radius 3 is 2.40 bits per heavy atom. The fraction of sp³-hybridized carbons (Fsp3) is 0.188. The second-order valence-electron chi connectivity index (χ2n) is 4.56. The molecule has 4 heteroatoms. The number of carbonyl (C=O) groups excluding carboxylic acids is 1. The van der Waals surface area contributed by atoms with Crippen molar-refractivity contribution in [1.82, 2.24) is 5.32 Å². The predicted molar refractivity (Wildman–Crippen MR) is 82.9 cm³/mol. The van der Waals surface area contributed by atoms with Gasteiger partial charge in [-0.2, -0.15) is 0 Å². The normalized spacial score (nSPS) is 11.7. The van der Waals surface area contributed by atoms with Gasteiger partial charge in [0.25, 0.3) is 0 Å². The molecule has 1 amide bonds. The molecule has 2 aromatic rings. The molecule has 0 bridgehead atoms. The summed E-state index contributed by atoms with van der Waals surface area (Å²) in [7, 11) is 0. The smallest absolute Gasteiger partial charge is 0.239 e. The van der Waals surface area contributed by atoms with Gasteiger partial charge in [-0.05, 0) is 36.8 Å². The number of halogens is 1. The van der Waals surface area contributed by atoms with Crippen molar-refractivity contribution in [2.24, 2.45) is 0 Å². The van der Waals surface area contributed by atoms with Gasteiger partial charge in [-0.15, -0.1) is 0 Å². The molecule has 1 atom stereocenters. The highest BCUT2D eigenvalue weighted by atomic mass is 35.5. The third-order valence-corrected chi connectivity index (χ3v) is 3.23. The Morgan fingerprint density at radius 2 is 1.75 bits per heavy atom. The van der Waals surface area contributed by atoms with Crippen molar-refractivity contribution >= 4 is 23.2 Å². The molecule has 0 heterocycles. The summed E-state index contributed by atoms with van der Waals surface area (Å²) in [5, 5.41) is 6.69. The molecule has 2 N–H and O–H groups in total. The van der Waals surface area contributed by atoms with E-state index in [2.05, 4.69) is 10.6 Å². The summed E-state index contributed by atoms with van der Waals surface area (Å²) in [5.41, 5.74) is 1.96. The van der Waals surface area contributed by atoms with Gasteiger partial charge in [-0.3, -0.25) is 4.79 Å². The van der Waals surface area contributed by atoms with Crippen molar-refractivity contribution in [2.75, 3.05) is 11.9 Å². The first-order valence-electron chi connectivity index (χ1n) is 6.49. The van der Waals surface area contributed by atoms with Gasteiger partial charge < -0.3 is 10.6 Å². The first-order valence-corrected chi connectivity index (χ1v) is 6.86. The van der Waals surface area contributed by atoms with Crippen LogP contribution in [-0.2, 0) is 4.79 Å². The zero-order chi connectivity index (χ0) is 14.4. The molecule has 0 unspecified atom stereocenters. The fourth-order valence-corrected chi connectivity index (χ4v) is 1.99. The van der Waals surface area contributed by atoms with Gasteiger partial charge in [0.05, 0.1) is 12.6 Å². The highest BCUT2D eigenvalue weighted by Gasteiger charge is 2.08. The van der Waals surface area contributed by atoms with E-state index in [1.54, 1.807) is 12.1 Å². The summed E-state index contributed by atoms with van der Waals surface area (Å²) in [5.74, 6) is -0.0451. The molecule has 104 valence electrons. The van der Waals surface area contributed by atoms with E-state index in [4.69, 9.17) is 11.6 Å². The molecule has 0 spiro atoms. The van der Waals surface area contributed by atoms with Crippen LogP contribution < -0.4 is 10.6 Å². The standard InChI is InChI=1S/C16H17ClN2O/c1-12(13-5-3-2-4-6-13)19-16(20)11-18-15-9-7-14(17)8-10-15/h2-10,12,18H,11H2,1H3,(H,19,20)/t12-/m0/s1. The molecule has 0 aromatic heterocycles. The molecule has 20 heavy (non-hydrogen) atoms. The van der Waals surface area contributed by atoms with Gasteiger partial charge >= 0.3 is 0 Å². The Balaban J connectivity index is 1.82. The zero-order valence-electron chi connectivity index (χ0n) is 11.3. The number of anilines is 1. The van der Waals surface area contributed by atoms with Gasteiger partial charge in [0.2, 0.25) is 5.91 Å². The average Bonchev–Trinajstić information content (AvgIpc) is 2.47. The van der Waals surface area contributed by atoms with Crippen LogP contribution in [0.4, 0.5) is 5.69 Å².